The van der Waals surface area contributed by atoms with Crippen molar-refractivity contribution in [2.75, 3.05) is 13.1 Å². The van der Waals surface area contributed by atoms with Crippen molar-refractivity contribution >= 4 is 11.9 Å². The number of carboxylic acids is 1. The fraction of sp³-hybridized carbons (Fsp3) is 0.867. The molecule has 0 aromatic heterocycles. The zero-order valence-corrected chi connectivity index (χ0v) is 11.8. The maximum Gasteiger partial charge on any atom is 0.308 e. The second kappa shape index (κ2) is 6.40. The molecule has 2 fully saturated rings. The van der Waals surface area contributed by atoms with Crippen LogP contribution in [-0.4, -0.2) is 35.0 Å². The lowest BCUT2D eigenvalue weighted by molar-refractivity contribution is -0.142. The third-order valence-electron chi connectivity index (χ3n) is 4.70. The van der Waals surface area contributed by atoms with Crippen molar-refractivity contribution in [3.8, 4) is 0 Å². The highest BCUT2D eigenvalue weighted by atomic mass is 16.4. The van der Waals surface area contributed by atoms with Crippen LogP contribution in [0.5, 0.6) is 0 Å². The molecule has 1 heterocycles. The van der Waals surface area contributed by atoms with Crippen LogP contribution in [0.3, 0.4) is 0 Å². The number of carboxylic acid groups (broad SMARTS) is 1. The van der Waals surface area contributed by atoms with E-state index in [1.807, 2.05) is 6.92 Å². The van der Waals surface area contributed by atoms with E-state index in [0.717, 1.165) is 25.7 Å². The lowest BCUT2D eigenvalue weighted by atomic mass is 9.90. The average Bonchev–Trinajstić information content (AvgIpc) is 2.70. The van der Waals surface area contributed by atoms with Crippen molar-refractivity contribution in [3.63, 3.8) is 0 Å². The number of likely N-dealkylation sites (tertiary alicyclic amines) is 1. The molecule has 0 bridgehead atoms. The van der Waals surface area contributed by atoms with Gasteiger partial charge in [-0.05, 0) is 18.8 Å². The molecule has 0 aromatic rings. The third-order valence-corrected chi connectivity index (χ3v) is 4.70. The van der Waals surface area contributed by atoms with Gasteiger partial charge in [-0.25, -0.2) is 0 Å². The lowest BCUT2D eigenvalue weighted by Crippen LogP contribution is -2.35. The quantitative estimate of drug-likeness (QED) is 0.836. The first-order chi connectivity index (χ1) is 9.09. The highest BCUT2D eigenvalue weighted by Crippen LogP contribution is 2.29. The summed E-state index contributed by atoms with van der Waals surface area (Å²) in [5.41, 5.74) is 0. The summed E-state index contributed by atoms with van der Waals surface area (Å²) in [4.78, 5) is 25.4. The van der Waals surface area contributed by atoms with E-state index in [1.165, 1.54) is 19.3 Å². The minimum Gasteiger partial charge on any atom is -0.481 e. The van der Waals surface area contributed by atoms with E-state index in [0.29, 0.717) is 13.1 Å². The summed E-state index contributed by atoms with van der Waals surface area (Å²) in [6, 6.07) is 0. The summed E-state index contributed by atoms with van der Waals surface area (Å²) in [5.74, 6) is -0.717. The molecule has 0 unspecified atom stereocenters. The van der Waals surface area contributed by atoms with Gasteiger partial charge in [-0.1, -0.05) is 39.0 Å². The van der Waals surface area contributed by atoms with Crippen LogP contribution in [0.15, 0.2) is 0 Å². The molecule has 1 aliphatic heterocycles. The minimum atomic E-state index is -0.763. The fourth-order valence-electron chi connectivity index (χ4n) is 3.43. The Bertz CT molecular complexity index is 334. The number of amides is 1. The van der Waals surface area contributed by atoms with E-state index in [2.05, 4.69) is 0 Å². The van der Waals surface area contributed by atoms with Crippen LogP contribution < -0.4 is 0 Å². The van der Waals surface area contributed by atoms with Crippen LogP contribution in [0, 0.1) is 17.8 Å². The fourth-order valence-corrected chi connectivity index (χ4v) is 3.43. The number of aliphatic carboxylic acids is 1. The standard InChI is InChI=1S/C15H25NO3/c1-11-9-16(10-13(11)15(18)19)14(17)12-7-5-3-2-4-6-8-12/h11-13H,2-10H2,1H3,(H,18,19)/t11-,13-/m1/s1. The monoisotopic (exact) mass is 267 g/mol. The van der Waals surface area contributed by atoms with Crippen molar-refractivity contribution in [1.82, 2.24) is 4.90 Å². The van der Waals surface area contributed by atoms with E-state index in [-0.39, 0.29) is 23.7 Å². The van der Waals surface area contributed by atoms with Crippen LogP contribution in [0.4, 0.5) is 0 Å². The van der Waals surface area contributed by atoms with Crippen molar-refractivity contribution in [1.29, 1.82) is 0 Å². The second-order valence-electron chi connectivity index (χ2n) is 6.21. The second-order valence-corrected chi connectivity index (χ2v) is 6.21. The average molecular weight is 267 g/mol. The highest BCUT2D eigenvalue weighted by molar-refractivity contribution is 5.81. The number of nitrogens with zero attached hydrogens (tertiary/aromatic N) is 1. The van der Waals surface area contributed by atoms with Crippen molar-refractivity contribution in [3.05, 3.63) is 0 Å². The van der Waals surface area contributed by atoms with E-state index in [9.17, 15) is 9.59 Å². The number of carbonyl (C=O) groups excluding carboxylic acids is 1. The molecule has 2 atom stereocenters. The van der Waals surface area contributed by atoms with Gasteiger partial charge >= 0.3 is 5.97 Å². The molecule has 0 spiro atoms. The molecule has 2 aliphatic rings. The van der Waals surface area contributed by atoms with Gasteiger partial charge in [0, 0.05) is 19.0 Å². The number of carbonyl (C=O) groups is 2. The SMILES string of the molecule is C[C@@H]1CN(C(=O)C2CCCCCCC2)C[C@H]1C(=O)O. The van der Waals surface area contributed by atoms with Gasteiger partial charge in [0.2, 0.25) is 5.91 Å². The zero-order valence-electron chi connectivity index (χ0n) is 11.8. The molecule has 1 aliphatic carbocycles. The normalized spacial score (nSPS) is 29.8. The Balaban J connectivity index is 1.93. The molecule has 4 nitrogen and oxygen atoms in total. The Hall–Kier alpha value is -1.06. The van der Waals surface area contributed by atoms with Crippen molar-refractivity contribution in [2.24, 2.45) is 17.8 Å². The van der Waals surface area contributed by atoms with Gasteiger partial charge < -0.3 is 10.0 Å². The van der Waals surface area contributed by atoms with E-state index in [1.54, 1.807) is 4.90 Å². The lowest BCUT2D eigenvalue weighted by Gasteiger charge is -2.24. The molecule has 1 saturated heterocycles. The molecular weight excluding hydrogens is 242 g/mol. The largest absolute Gasteiger partial charge is 0.481 e. The van der Waals surface area contributed by atoms with Gasteiger partial charge in [0.25, 0.3) is 0 Å². The molecule has 19 heavy (non-hydrogen) atoms. The smallest absolute Gasteiger partial charge is 0.308 e. The highest BCUT2D eigenvalue weighted by Gasteiger charge is 2.38. The first-order valence-corrected chi connectivity index (χ1v) is 7.61. The third kappa shape index (κ3) is 3.48. The Kier molecular flexibility index (Phi) is 4.83. The molecular formula is C15H25NO3. The Morgan fingerprint density at radius 3 is 2.11 bits per heavy atom. The minimum absolute atomic E-state index is 0.0787. The van der Waals surface area contributed by atoms with Crippen molar-refractivity contribution < 1.29 is 14.7 Å². The molecule has 1 N–H and O–H groups in total. The molecule has 4 heteroatoms. The van der Waals surface area contributed by atoms with Crippen LogP contribution in [0.25, 0.3) is 0 Å². The molecule has 2 rings (SSSR count). The van der Waals surface area contributed by atoms with Gasteiger partial charge in [0.15, 0.2) is 0 Å². The topological polar surface area (TPSA) is 57.6 Å². The van der Waals surface area contributed by atoms with E-state index in [4.69, 9.17) is 5.11 Å². The summed E-state index contributed by atoms with van der Waals surface area (Å²) < 4.78 is 0. The Labute approximate surface area is 115 Å². The van der Waals surface area contributed by atoms with Crippen LogP contribution in [0.1, 0.15) is 51.9 Å². The number of hydrogen-bond donors (Lipinski definition) is 1. The maximum absolute atomic E-state index is 12.5. The summed E-state index contributed by atoms with van der Waals surface area (Å²) >= 11 is 0. The maximum atomic E-state index is 12.5. The first kappa shape index (κ1) is 14.4. The summed E-state index contributed by atoms with van der Waals surface area (Å²) in [6.07, 6.45) is 8.02. The van der Waals surface area contributed by atoms with E-state index < -0.39 is 5.97 Å². The van der Waals surface area contributed by atoms with Crippen molar-refractivity contribution in [2.45, 2.75) is 51.9 Å². The number of rotatable bonds is 2. The Morgan fingerprint density at radius 1 is 1.00 bits per heavy atom. The summed E-state index contributed by atoms with van der Waals surface area (Å²) in [6.45, 7) is 2.96. The van der Waals surface area contributed by atoms with Crippen LogP contribution in [0.2, 0.25) is 0 Å². The number of hydrogen-bond acceptors (Lipinski definition) is 2. The van der Waals surface area contributed by atoms with Gasteiger partial charge in [0.1, 0.15) is 0 Å². The summed E-state index contributed by atoms with van der Waals surface area (Å²) in [7, 11) is 0. The van der Waals surface area contributed by atoms with E-state index >= 15 is 0 Å². The predicted molar refractivity (Wildman–Crippen MR) is 72.7 cm³/mol. The van der Waals surface area contributed by atoms with Gasteiger partial charge in [0.05, 0.1) is 5.92 Å². The molecule has 1 amide bonds. The molecule has 0 radical (unpaired) electrons. The van der Waals surface area contributed by atoms with Gasteiger partial charge in [-0.3, -0.25) is 9.59 Å². The van der Waals surface area contributed by atoms with Crippen LogP contribution in [-0.2, 0) is 9.59 Å². The molecule has 108 valence electrons. The first-order valence-electron chi connectivity index (χ1n) is 7.61. The predicted octanol–water partition coefficient (Wildman–Crippen LogP) is 2.53. The van der Waals surface area contributed by atoms with Gasteiger partial charge in [-0.2, -0.15) is 0 Å². The Morgan fingerprint density at radius 2 is 1.58 bits per heavy atom. The van der Waals surface area contributed by atoms with Crippen LogP contribution >= 0.6 is 0 Å². The summed E-state index contributed by atoms with van der Waals surface area (Å²) in [5, 5.41) is 9.14. The van der Waals surface area contributed by atoms with Gasteiger partial charge in [-0.15, -0.1) is 0 Å². The zero-order chi connectivity index (χ0) is 13.8. The molecule has 1 saturated carbocycles. The molecule has 0 aromatic carbocycles.